The maximum atomic E-state index is 13.4. The van der Waals surface area contributed by atoms with Gasteiger partial charge in [-0.05, 0) is 62.4 Å². The predicted molar refractivity (Wildman–Crippen MR) is 138 cm³/mol. The molecule has 0 bridgehead atoms. The molecular formula is C27H27N5O4. The summed E-state index contributed by atoms with van der Waals surface area (Å²) in [5, 5.41) is 10.9. The van der Waals surface area contributed by atoms with Gasteiger partial charge >= 0.3 is 0 Å². The smallest absolute Gasteiger partial charge is 0.256 e. The van der Waals surface area contributed by atoms with Crippen molar-refractivity contribution >= 4 is 34.2 Å². The minimum atomic E-state index is -0.283. The van der Waals surface area contributed by atoms with Crippen LogP contribution >= 0.6 is 0 Å². The molecule has 0 fully saturated rings. The van der Waals surface area contributed by atoms with Crippen molar-refractivity contribution in [2.24, 2.45) is 0 Å². The third-order valence-electron chi connectivity index (χ3n) is 5.89. The molecule has 2 aromatic heterocycles. The van der Waals surface area contributed by atoms with E-state index in [4.69, 9.17) is 14.5 Å². The van der Waals surface area contributed by atoms with Crippen molar-refractivity contribution in [3.63, 3.8) is 0 Å². The van der Waals surface area contributed by atoms with Crippen LogP contribution in [-0.4, -0.2) is 39.8 Å². The number of nitrogens with zero attached hydrogens (tertiary/aromatic N) is 3. The van der Waals surface area contributed by atoms with Crippen LogP contribution in [0.5, 0.6) is 11.5 Å². The fourth-order valence-corrected chi connectivity index (χ4v) is 4.02. The van der Waals surface area contributed by atoms with E-state index in [1.807, 2.05) is 32.0 Å². The van der Waals surface area contributed by atoms with Crippen LogP contribution in [0.15, 0.2) is 54.7 Å². The quantitative estimate of drug-likeness (QED) is 0.396. The second-order valence-corrected chi connectivity index (χ2v) is 8.77. The highest BCUT2D eigenvalue weighted by molar-refractivity contribution is 6.12. The number of amides is 2. The van der Waals surface area contributed by atoms with Crippen molar-refractivity contribution in [2.75, 3.05) is 23.8 Å². The highest BCUT2D eigenvalue weighted by Gasteiger charge is 2.20. The molecule has 36 heavy (non-hydrogen) atoms. The number of carbonyl (C=O) groups excluding carboxylic acids is 2. The van der Waals surface area contributed by atoms with Crippen molar-refractivity contribution in [1.82, 2.24) is 14.8 Å². The average Bonchev–Trinajstić information content (AvgIpc) is 3.33. The summed E-state index contributed by atoms with van der Waals surface area (Å²) in [7, 11) is 0. The van der Waals surface area contributed by atoms with E-state index >= 15 is 0 Å². The van der Waals surface area contributed by atoms with Gasteiger partial charge in [-0.25, -0.2) is 9.67 Å². The van der Waals surface area contributed by atoms with Crippen LogP contribution in [0.1, 0.15) is 43.6 Å². The highest BCUT2D eigenvalue weighted by Crippen LogP contribution is 2.35. The summed E-state index contributed by atoms with van der Waals surface area (Å²) in [6.45, 7) is 6.82. The number of nitrogens with one attached hydrogen (secondary N) is 2. The molecule has 9 nitrogen and oxygen atoms in total. The Kier molecular flexibility index (Phi) is 6.28. The summed E-state index contributed by atoms with van der Waals surface area (Å²) >= 11 is 0. The predicted octanol–water partition coefficient (Wildman–Crippen LogP) is 5.05. The van der Waals surface area contributed by atoms with Gasteiger partial charge in [-0.3, -0.25) is 9.59 Å². The molecule has 2 N–H and O–H groups in total. The van der Waals surface area contributed by atoms with Gasteiger partial charge < -0.3 is 20.1 Å². The van der Waals surface area contributed by atoms with Gasteiger partial charge in [-0.2, -0.15) is 5.10 Å². The second-order valence-electron chi connectivity index (χ2n) is 8.77. The van der Waals surface area contributed by atoms with E-state index in [9.17, 15) is 9.59 Å². The number of hydrogen-bond donors (Lipinski definition) is 2. The van der Waals surface area contributed by atoms with Crippen LogP contribution in [0.4, 0.5) is 11.4 Å². The molecule has 2 aromatic carbocycles. The topological polar surface area (TPSA) is 107 Å². The van der Waals surface area contributed by atoms with Gasteiger partial charge in [0.1, 0.15) is 13.2 Å². The van der Waals surface area contributed by atoms with E-state index in [1.165, 1.54) is 0 Å². The number of rotatable bonds is 6. The molecule has 0 unspecified atom stereocenters. The fraction of sp³-hybridized carbons (Fsp3) is 0.259. The van der Waals surface area contributed by atoms with Crippen molar-refractivity contribution in [3.8, 4) is 22.8 Å². The van der Waals surface area contributed by atoms with Gasteiger partial charge in [0.15, 0.2) is 17.1 Å². The molecule has 0 saturated carbocycles. The van der Waals surface area contributed by atoms with Crippen molar-refractivity contribution < 1.29 is 19.1 Å². The molecule has 3 heterocycles. The SMILES string of the molecule is CCC(=O)Nc1ccc(NC(=O)c2cc(-c3ccc4c(c3)OCCO4)nc3c2cnn3C(C)C)cc1. The number of ether oxygens (including phenoxy) is 2. The van der Waals surface area contributed by atoms with Crippen LogP contribution in [0.2, 0.25) is 0 Å². The van der Waals surface area contributed by atoms with Gasteiger partial charge in [-0.1, -0.05) is 6.92 Å². The number of fused-ring (bicyclic) bond motifs is 2. The third kappa shape index (κ3) is 4.59. The molecule has 0 radical (unpaired) electrons. The second kappa shape index (κ2) is 9.69. The average molecular weight is 486 g/mol. The number of carbonyl (C=O) groups is 2. The van der Waals surface area contributed by atoms with Crippen LogP contribution < -0.4 is 20.1 Å². The Hall–Kier alpha value is -4.40. The lowest BCUT2D eigenvalue weighted by Crippen LogP contribution is -2.15. The summed E-state index contributed by atoms with van der Waals surface area (Å²) in [6.07, 6.45) is 2.07. The van der Waals surface area contributed by atoms with Crippen molar-refractivity contribution in [2.45, 2.75) is 33.2 Å². The Bertz CT molecular complexity index is 1440. The Morgan fingerprint density at radius 2 is 1.67 bits per heavy atom. The molecule has 4 aromatic rings. The Morgan fingerprint density at radius 3 is 2.36 bits per heavy atom. The molecule has 1 aliphatic rings. The van der Waals surface area contributed by atoms with E-state index in [2.05, 4.69) is 15.7 Å². The standard InChI is InChI=1S/C27H27N5O4/c1-4-25(33)29-18-6-8-19(9-7-18)30-27(34)20-14-22(31-26-21(20)15-28-32(26)16(2)3)17-5-10-23-24(13-17)36-12-11-35-23/h5-10,13-16H,4,11-12H2,1-3H3,(H,29,33)(H,30,34). The molecule has 184 valence electrons. The largest absolute Gasteiger partial charge is 0.486 e. The summed E-state index contributed by atoms with van der Waals surface area (Å²) in [4.78, 5) is 29.9. The molecule has 0 atom stereocenters. The van der Waals surface area contributed by atoms with Gasteiger partial charge in [0.25, 0.3) is 5.91 Å². The molecule has 5 rings (SSSR count). The van der Waals surface area contributed by atoms with E-state index < -0.39 is 0 Å². The van der Waals surface area contributed by atoms with E-state index in [-0.39, 0.29) is 17.9 Å². The monoisotopic (exact) mass is 485 g/mol. The fourth-order valence-electron chi connectivity index (χ4n) is 4.02. The first kappa shape index (κ1) is 23.3. The van der Waals surface area contributed by atoms with Gasteiger partial charge in [0, 0.05) is 29.4 Å². The third-order valence-corrected chi connectivity index (χ3v) is 5.89. The van der Waals surface area contributed by atoms with E-state index in [0.29, 0.717) is 64.8 Å². The lowest BCUT2D eigenvalue weighted by molar-refractivity contribution is -0.115. The Balaban J connectivity index is 1.51. The van der Waals surface area contributed by atoms with Gasteiger partial charge in [0.2, 0.25) is 5.91 Å². The zero-order valence-corrected chi connectivity index (χ0v) is 20.4. The zero-order chi connectivity index (χ0) is 25.2. The van der Waals surface area contributed by atoms with Crippen LogP contribution in [-0.2, 0) is 4.79 Å². The normalized spacial score (nSPS) is 12.6. The Morgan fingerprint density at radius 1 is 0.972 bits per heavy atom. The van der Waals surface area contributed by atoms with Crippen molar-refractivity contribution in [1.29, 1.82) is 0 Å². The molecule has 1 aliphatic heterocycles. The van der Waals surface area contributed by atoms with Crippen molar-refractivity contribution in [3.05, 3.63) is 60.3 Å². The highest BCUT2D eigenvalue weighted by atomic mass is 16.6. The molecule has 0 spiro atoms. The van der Waals surface area contributed by atoms with Gasteiger partial charge in [0.05, 0.1) is 22.8 Å². The van der Waals surface area contributed by atoms with E-state index in [1.54, 1.807) is 48.1 Å². The van der Waals surface area contributed by atoms with E-state index in [0.717, 1.165) is 5.56 Å². The first-order valence-electron chi connectivity index (χ1n) is 11.9. The lowest BCUT2D eigenvalue weighted by atomic mass is 10.1. The first-order valence-corrected chi connectivity index (χ1v) is 11.9. The minimum Gasteiger partial charge on any atom is -0.486 e. The number of aromatic nitrogens is 3. The number of hydrogen-bond acceptors (Lipinski definition) is 6. The molecule has 0 saturated heterocycles. The van der Waals surface area contributed by atoms with Crippen LogP contribution in [0, 0.1) is 0 Å². The lowest BCUT2D eigenvalue weighted by Gasteiger charge is -2.19. The number of pyridine rings is 1. The summed E-state index contributed by atoms with van der Waals surface area (Å²) in [5.74, 6) is 0.990. The minimum absolute atomic E-state index is 0.0623. The number of benzene rings is 2. The first-order chi connectivity index (χ1) is 17.4. The maximum Gasteiger partial charge on any atom is 0.256 e. The van der Waals surface area contributed by atoms with Crippen LogP contribution in [0.25, 0.3) is 22.3 Å². The zero-order valence-electron chi connectivity index (χ0n) is 20.4. The number of anilines is 2. The molecular weight excluding hydrogens is 458 g/mol. The summed E-state index contributed by atoms with van der Waals surface area (Å²) < 4.78 is 13.2. The summed E-state index contributed by atoms with van der Waals surface area (Å²) in [5.41, 5.74) is 3.80. The molecule has 0 aliphatic carbocycles. The maximum absolute atomic E-state index is 13.4. The Labute approximate surface area is 208 Å². The summed E-state index contributed by atoms with van der Waals surface area (Å²) in [6, 6.07) is 14.5. The molecule has 9 heteroatoms. The van der Waals surface area contributed by atoms with Gasteiger partial charge in [-0.15, -0.1) is 0 Å². The van der Waals surface area contributed by atoms with Crippen LogP contribution in [0.3, 0.4) is 0 Å². The molecule has 2 amide bonds.